The highest BCUT2D eigenvalue weighted by molar-refractivity contribution is 5.94. The molecule has 1 fully saturated rings. The number of benzene rings is 2. The minimum absolute atomic E-state index is 0.102. The Kier molecular flexibility index (Phi) is 8.43. The molecule has 36 heavy (non-hydrogen) atoms. The Morgan fingerprint density at radius 1 is 1.08 bits per heavy atom. The second-order valence-corrected chi connectivity index (χ2v) is 9.21. The van der Waals surface area contributed by atoms with E-state index in [0.717, 1.165) is 19.5 Å². The van der Waals surface area contributed by atoms with Gasteiger partial charge in [0.2, 0.25) is 0 Å². The predicted molar refractivity (Wildman–Crippen MR) is 134 cm³/mol. The Balaban J connectivity index is 1.25. The number of hydrogen-bond acceptors (Lipinski definition) is 6. The van der Waals surface area contributed by atoms with Crippen LogP contribution in [0.4, 0.5) is 4.39 Å². The molecule has 0 aliphatic carbocycles. The molecule has 1 aliphatic rings. The standard InChI is InChI=1S/C27H32FN5O3/c1-19(33-16-3-4-17-33)13-15-29-25(34)20-5-7-21(8-6-20)26-30-24(31-36-26)14-18-32(2)27(35)22-9-11-23(28)12-10-22/h5-12,19H,3-4,13-18H2,1-2H3,(H,29,34). The van der Waals surface area contributed by atoms with Crippen molar-refractivity contribution in [1.29, 1.82) is 0 Å². The van der Waals surface area contributed by atoms with Gasteiger partial charge in [0.05, 0.1) is 0 Å². The van der Waals surface area contributed by atoms with E-state index in [1.54, 1.807) is 31.3 Å². The van der Waals surface area contributed by atoms with Crippen LogP contribution in [0, 0.1) is 5.82 Å². The van der Waals surface area contributed by atoms with Crippen molar-refractivity contribution in [3.8, 4) is 11.5 Å². The second kappa shape index (κ2) is 11.9. The van der Waals surface area contributed by atoms with Gasteiger partial charge in [0, 0.05) is 49.3 Å². The Labute approximate surface area is 210 Å². The fourth-order valence-corrected chi connectivity index (χ4v) is 4.28. The molecule has 2 aromatic carbocycles. The number of nitrogens with zero attached hydrogens (tertiary/aromatic N) is 4. The molecule has 2 heterocycles. The SMILES string of the molecule is CC(CCNC(=O)c1ccc(-c2nc(CCN(C)C(=O)c3ccc(F)cc3)no2)cc1)N1CCCC1. The fourth-order valence-electron chi connectivity index (χ4n) is 4.28. The van der Waals surface area contributed by atoms with Gasteiger partial charge in [-0.2, -0.15) is 4.98 Å². The van der Waals surface area contributed by atoms with E-state index in [4.69, 9.17) is 4.52 Å². The molecule has 3 aromatic rings. The molecule has 2 amide bonds. The van der Waals surface area contributed by atoms with E-state index in [1.807, 2.05) is 0 Å². The van der Waals surface area contributed by atoms with Gasteiger partial charge in [0.15, 0.2) is 5.82 Å². The number of hydrogen-bond donors (Lipinski definition) is 1. The highest BCUT2D eigenvalue weighted by Crippen LogP contribution is 2.18. The predicted octanol–water partition coefficient (Wildman–Crippen LogP) is 3.79. The van der Waals surface area contributed by atoms with Crippen LogP contribution in [0.2, 0.25) is 0 Å². The normalized spacial score (nSPS) is 14.5. The average molecular weight is 494 g/mol. The van der Waals surface area contributed by atoms with Gasteiger partial charge < -0.3 is 19.6 Å². The van der Waals surface area contributed by atoms with Gasteiger partial charge in [-0.3, -0.25) is 9.59 Å². The van der Waals surface area contributed by atoms with Crippen LogP contribution in [0.15, 0.2) is 53.1 Å². The minimum atomic E-state index is -0.384. The Morgan fingerprint density at radius 2 is 1.75 bits per heavy atom. The van der Waals surface area contributed by atoms with Crippen molar-refractivity contribution in [3.63, 3.8) is 0 Å². The molecule has 1 saturated heterocycles. The van der Waals surface area contributed by atoms with E-state index in [2.05, 4.69) is 27.3 Å². The molecular formula is C27H32FN5O3. The molecule has 0 bridgehead atoms. The molecule has 9 heteroatoms. The molecule has 1 unspecified atom stereocenters. The van der Waals surface area contributed by atoms with Crippen molar-refractivity contribution in [2.45, 2.75) is 38.6 Å². The molecule has 1 N–H and O–H groups in total. The van der Waals surface area contributed by atoms with Crippen molar-refractivity contribution in [2.24, 2.45) is 0 Å². The number of halogens is 1. The number of amides is 2. The molecule has 1 atom stereocenters. The third kappa shape index (κ3) is 6.54. The third-order valence-electron chi connectivity index (χ3n) is 6.58. The summed E-state index contributed by atoms with van der Waals surface area (Å²) in [7, 11) is 1.67. The van der Waals surface area contributed by atoms with Crippen LogP contribution in [0.25, 0.3) is 11.5 Å². The van der Waals surface area contributed by atoms with Gasteiger partial charge in [-0.15, -0.1) is 0 Å². The van der Waals surface area contributed by atoms with Gasteiger partial charge in [-0.25, -0.2) is 4.39 Å². The van der Waals surface area contributed by atoms with Gasteiger partial charge in [-0.05, 0) is 87.8 Å². The summed E-state index contributed by atoms with van der Waals surface area (Å²) in [6.45, 7) is 5.54. The molecular weight excluding hydrogens is 461 g/mol. The second-order valence-electron chi connectivity index (χ2n) is 9.21. The van der Waals surface area contributed by atoms with Crippen LogP contribution in [-0.4, -0.2) is 71.0 Å². The molecule has 0 saturated carbocycles. The maximum absolute atomic E-state index is 13.1. The van der Waals surface area contributed by atoms with Crippen molar-refractivity contribution < 1.29 is 18.5 Å². The number of aromatic nitrogens is 2. The number of carbonyl (C=O) groups is 2. The highest BCUT2D eigenvalue weighted by atomic mass is 19.1. The zero-order chi connectivity index (χ0) is 25.5. The van der Waals surface area contributed by atoms with Crippen molar-refractivity contribution in [2.75, 3.05) is 33.2 Å². The Morgan fingerprint density at radius 3 is 2.44 bits per heavy atom. The summed E-state index contributed by atoms with van der Waals surface area (Å²) in [6.07, 6.45) is 3.86. The van der Waals surface area contributed by atoms with Crippen LogP contribution in [-0.2, 0) is 6.42 Å². The first-order valence-electron chi connectivity index (χ1n) is 12.4. The van der Waals surface area contributed by atoms with Gasteiger partial charge >= 0.3 is 0 Å². The smallest absolute Gasteiger partial charge is 0.257 e. The number of carbonyl (C=O) groups excluding carboxylic acids is 2. The molecule has 1 aliphatic heterocycles. The number of likely N-dealkylation sites (N-methyl/N-ethyl adjacent to an activating group) is 1. The summed E-state index contributed by atoms with van der Waals surface area (Å²) >= 11 is 0. The molecule has 0 spiro atoms. The maximum atomic E-state index is 13.1. The highest BCUT2D eigenvalue weighted by Gasteiger charge is 2.18. The van der Waals surface area contributed by atoms with Crippen LogP contribution in [0.5, 0.6) is 0 Å². The van der Waals surface area contributed by atoms with E-state index in [9.17, 15) is 14.0 Å². The largest absolute Gasteiger partial charge is 0.352 e. The fraction of sp³-hybridized carbons (Fsp3) is 0.407. The number of likely N-dealkylation sites (tertiary alicyclic amines) is 1. The first kappa shape index (κ1) is 25.5. The molecule has 1 aromatic heterocycles. The lowest BCUT2D eigenvalue weighted by Crippen LogP contribution is -2.34. The van der Waals surface area contributed by atoms with E-state index >= 15 is 0 Å². The summed E-state index contributed by atoms with van der Waals surface area (Å²) < 4.78 is 18.4. The molecule has 8 nitrogen and oxygen atoms in total. The summed E-state index contributed by atoms with van der Waals surface area (Å²) in [5.74, 6) is 0.125. The van der Waals surface area contributed by atoms with Gasteiger partial charge in [-0.1, -0.05) is 5.16 Å². The molecule has 4 rings (SSSR count). The monoisotopic (exact) mass is 493 g/mol. The summed E-state index contributed by atoms with van der Waals surface area (Å²) in [4.78, 5) is 33.4. The van der Waals surface area contributed by atoms with Crippen molar-refractivity contribution in [1.82, 2.24) is 25.3 Å². The lowest BCUT2D eigenvalue weighted by molar-refractivity contribution is 0.0795. The van der Waals surface area contributed by atoms with Gasteiger partial charge in [0.25, 0.3) is 17.7 Å². The van der Waals surface area contributed by atoms with E-state index in [1.165, 1.54) is 42.0 Å². The van der Waals surface area contributed by atoms with Crippen LogP contribution in [0.3, 0.4) is 0 Å². The first-order chi connectivity index (χ1) is 17.4. The quantitative estimate of drug-likeness (QED) is 0.462. The van der Waals surface area contributed by atoms with Gasteiger partial charge in [0.1, 0.15) is 5.82 Å². The summed E-state index contributed by atoms with van der Waals surface area (Å²) in [5.41, 5.74) is 1.70. The zero-order valence-electron chi connectivity index (χ0n) is 20.7. The lowest BCUT2D eigenvalue weighted by atomic mass is 10.1. The first-order valence-corrected chi connectivity index (χ1v) is 12.4. The van der Waals surface area contributed by atoms with Crippen LogP contribution >= 0.6 is 0 Å². The Bertz CT molecular complexity index is 1160. The minimum Gasteiger partial charge on any atom is -0.352 e. The lowest BCUT2D eigenvalue weighted by Gasteiger charge is -2.23. The Hall–Kier alpha value is -3.59. The average Bonchev–Trinajstić information content (AvgIpc) is 3.60. The van der Waals surface area contributed by atoms with Crippen LogP contribution in [0.1, 0.15) is 52.7 Å². The number of rotatable bonds is 10. The third-order valence-corrected chi connectivity index (χ3v) is 6.58. The van der Waals surface area contributed by atoms with Crippen molar-refractivity contribution in [3.05, 3.63) is 71.3 Å². The van der Waals surface area contributed by atoms with Crippen LogP contribution < -0.4 is 5.32 Å². The zero-order valence-corrected chi connectivity index (χ0v) is 20.7. The molecule has 190 valence electrons. The maximum Gasteiger partial charge on any atom is 0.257 e. The summed E-state index contributed by atoms with van der Waals surface area (Å²) in [5, 5.41) is 7.00. The van der Waals surface area contributed by atoms with E-state index in [-0.39, 0.29) is 17.6 Å². The van der Waals surface area contributed by atoms with E-state index < -0.39 is 0 Å². The topological polar surface area (TPSA) is 91.6 Å². The van der Waals surface area contributed by atoms with Crippen molar-refractivity contribution >= 4 is 11.8 Å². The number of nitrogens with one attached hydrogen (secondary N) is 1. The molecule has 0 radical (unpaired) electrons. The van der Waals surface area contributed by atoms with E-state index in [0.29, 0.717) is 54.0 Å². The summed E-state index contributed by atoms with van der Waals surface area (Å²) in [6, 6.07) is 13.0.